The molecule has 1 rings (SSSR count). The van der Waals surface area contributed by atoms with Crippen molar-refractivity contribution < 1.29 is 9.59 Å². The van der Waals surface area contributed by atoms with E-state index in [0.717, 1.165) is 5.75 Å². The van der Waals surface area contributed by atoms with Gasteiger partial charge in [-0.2, -0.15) is 0 Å². The van der Waals surface area contributed by atoms with E-state index >= 15 is 0 Å². The molecule has 1 unspecified atom stereocenters. The highest BCUT2D eigenvalue weighted by atomic mass is 32.2. The number of aliphatic imine (C=N–C) groups is 1. The van der Waals surface area contributed by atoms with E-state index in [-0.39, 0.29) is 17.9 Å². The van der Waals surface area contributed by atoms with E-state index in [1.807, 2.05) is 6.92 Å². The number of hydrogen-bond donors (Lipinski definition) is 1. The van der Waals surface area contributed by atoms with Crippen molar-refractivity contribution in [3.8, 4) is 0 Å². The molecule has 0 saturated carbocycles. The Morgan fingerprint density at radius 2 is 2.10 bits per heavy atom. The number of rotatable bonds is 9. The standard InChI is InChI=1S/C13H24N4O2S/c1-4-5-8-20-15-10-14-11(2)9-16(3)17-12(18)6-7-13(17)19/h10-11H,4-9H2,1-3H3,(H,14,15). The average molecular weight is 300 g/mol. The Balaban J connectivity index is 2.27. The third-order valence-corrected chi connectivity index (χ3v) is 3.72. The minimum atomic E-state index is -0.123. The van der Waals surface area contributed by atoms with Crippen LogP contribution in [0.15, 0.2) is 4.99 Å². The normalized spacial score (nSPS) is 17.5. The second-order valence-electron chi connectivity index (χ2n) is 4.89. The van der Waals surface area contributed by atoms with Crippen molar-refractivity contribution in [3.05, 3.63) is 0 Å². The van der Waals surface area contributed by atoms with Crippen molar-refractivity contribution in [1.82, 2.24) is 14.7 Å². The summed E-state index contributed by atoms with van der Waals surface area (Å²) < 4.78 is 3.07. The maximum Gasteiger partial charge on any atom is 0.244 e. The number of hydrazine groups is 1. The molecule has 1 aliphatic rings. The first kappa shape index (κ1) is 17.0. The quantitative estimate of drug-likeness (QED) is 0.229. The number of unbranched alkanes of at least 4 members (excludes halogenated alkanes) is 1. The van der Waals surface area contributed by atoms with Gasteiger partial charge >= 0.3 is 0 Å². The molecule has 0 aromatic rings. The molecule has 0 aromatic heterocycles. The van der Waals surface area contributed by atoms with E-state index in [4.69, 9.17) is 0 Å². The molecule has 2 amide bonds. The summed E-state index contributed by atoms with van der Waals surface area (Å²) in [6, 6.07) is 0.0143. The van der Waals surface area contributed by atoms with Gasteiger partial charge < -0.3 is 4.72 Å². The fourth-order valence-corrected chi connectivity index (χ4v) is 2.61. The highest BCUT2D eigenvalue weighted by Crippen LogP contribution is 2.14. The van der Waals surface area contributed by atoms with Crippen LogP contribution in [0.1, 0.15) is 39.5 Å². The van der Waals surface area contributed by atoms with Crippen LogP contribution in [0.3, 0.4) is 0 Å². The highest BCUT2D eigenvalue weighted by Gasteiger charge is 2.32. The van der Waals surface area contributed by atoms with Crippen LogP contribution in [0.25, 0.3) is 0 Å². The Labute approximate surface area is 125 Å². The molecule has 20 heavy (non-hydrogen) atoms. The molecular formula is C13H24N4O2S. The first-order valence-corrected chi connectivity index (χ1v) is 8.00. The summed E-state index contributed by atoms with van der Waals surface area (Å²) in [5.41, 5.74) is 0. The van der Waals surface area contributed by atoms with E-state index in [1.54, 1.807) is 30.3 Å². The molecule has 0 aliphatic carbocycles. The van der Waals surface area contributed by atoms with Crippen molar-refractivity contribution in [2.45, 2.75) is 45.6 Å². The predicted molar refractivity (Wildman–Crippen MR) is 82.2 cm³/mol. The molecule has 114 valence electrons. The zero-order valence-corrected chi connectivity index (χ0v) is 13.3. The topological polar surface area (TPSA) is 65.0 Å². The molecule has 6 nitrogen and oxygen atoms in total. The van der Waals surface area contributed by atoms with Gasteiger partial charge in [-0.05, 0) is 13.3 Å². The Morgan fingerprint density at radius 3 is 2.70 bits per heavy atom. The fourth-order valence-electron chi connectivity index (χ4n) is 1.93. The number of imide groups is 1. The molecule has 1 N–H and O–H groups in total. The first-order chi connectivity index (χ1) is 9.56. The Bertz CT molecular complexity index is 346. The predicted octanol–water partition coefficient (Wildman–Crippen LogP) is 1.44. The van der Waals surface area contributed by atoms with E-state index in [1.165, 1.54) is 17.9 Å². The lowest BCUT2D eigenvalue weighted by Crippen LogP contribution is -2.46. The lowest BCUT2D eigenvalue weighted by molar-refractivity contribution is -0.155. The summed E-state index contributed by atoms with van der Waals surface area (Å²) in [6.07, 6.45) is 4.69. The Kier molecular flexibility index (Phi) is 7.61. The van der Waals surface area contributed by atoms with Crippen LogP contribution in [0.5, 0.6) is 0 Å². The molecule has 1 fully saturated rings. The third kappa shape index (κ3) is 5.50. The minimum Gasteiger partial charge on any atom is -0.321 e. The maximum absolute atomic E-state index is 11.6. The first-order valence-electron chi connectivity index (χ1n) is 7.02. The summed E-state index contributed by atoms with van der Waals surface area (Å²) in [5.74, 6) is 0.817. The van der Waals surface area contributed by atoms with Gasteiger partial charge in [0.1, 0.15) is 0 Å². The van der Waals surface area contributed by atoms with Gasteiger partial charge in [-0.1, -0.05) is 25.3 Å². The fraction of sp³-hybridized carbons (Fsp3) is 0.769. The van der Waals surface area contributed by atoms with Crippen LogP contribution in [0, 0.1) is 0 Å². The number of carbonyl (C=O) groups excluding carboxylic acids is 2. The van der Waals surface area contributed by atoms with Crippen molar-refractivity contribution in [3.63, 3.8) is 0 Å². The average Bonchev–Trinajstić information content (AvgIpc) is 2.73. The molecule has 1 atom stereocenters. The molecule has 7 heteroatoms. The van der Waals surface area contributed by atoms with Crippen molar-refractivity contribution in [1.29, 1.82) is 0 Å². The van der Waals surface area contributed by atoms with Crippen LogP contribution in [0.2, 0.25) is 0 Å². The SMILES string of the molecule is CCCCSN/C=N/C(C)CN(C)N1C(=O)CCC1=O. The second-order valence-corrected chi connectivity index (χ2v) is 5.82. The van der Waals surface area contributed by atoms with Crippen LogP contribution in [-0.2, 0) is 9.59 Å². The number of carbonyl (C=O) groups is 2. The molecule has 0 spiro atoms. The second kappa shape index (κ2) is 8.97. The zero-order chi connectivity index (χ0) is 15.0. The summed E-state index contributed by atoms with van der Waals surface area (Å²) >= 11 is 1.63. The van der Waals surface area contributed by atoms with Crippen LogP contribution in [-0.4, -0.2) is 53.6 Å². The molecular weight excluding hydrogens is 276 g/mol. The number of amides is 2. The number of likely N-dealkylation sites (N-methyl/N-ethyl adjacent to an activating group) is 1. The minimum absolute atomic E-state index is 0.0143. The summed E-state index contributed by atoms with van der Waals surface area (Å²) in [6.45, 7) is 4.65. The van der Waals surface area contributed by atoms with Gasteiger partial charge in [-0.15, -0.1) is 0 Å². The van der Waals surface area contributed by atoms with E-state index in [2.05, 4.69) is 16.6 Å². The summed E-state index contributed by atoms with van der Waals surface area (Å²) in [4.78, 5) is 27.5. The molecule has 0 radical (unpaired) electrons. The van der Waals surface area contributed by atoms with Gasteiger partial charge in [0.2, 0.25) is 11.8 Å². The largest absolute Gasteiger partial charge is 0.321 e. The number of nitrogens with one attached hydrogen (secondary N) is 1. The maximum atomic E-state index is 11.6. The third-order valence-electron chi connectivity index (χ3n) is 2.96. The highest BCUT2D eigenvalue weighted by molar-refractivity contribution is 7.97. The van der Waals surface area contributed by atoms with Gasteiger partial charge in [0.05, 0.1) is 12.4 Å². The lowest BCUT2D eigenvalue weighted by Gasteiger charge is -2.27. The smallest absolute Gasteiger partial charge is 0.244 e. The number of hydrogen-bond acceptors (Lipinski definition) is 5. The van der Waals surface area contributed by atoms with Crippen molar-refractivity contribution in [2.75, 3.05) is 19.3 Å². The van der Waals surface area contributed by atoms with Gasteiger partial charge in [0, 0.05) is 32.2 Å². The van der Waals surface area contributed by atoms with Crippen LogP contribution in [0.4, 0.5) is 0 Å². The molecule has 1 saturated heterocycles. The van der Waals surface area contributed by atoms with Crippen molar-refractivity contribution in [2.24, 2.45) is 4.99 Å². The molecule has 0 bridgehead atoms. The van der Waals surface area contributed by atoms with Crippen molar-refractivity contribution >= 4 is 30.1 Å². The van der Waals surface area contributed by atoms with Gasteiger partial charge in [0.15, 0.2) is 0 Å². The molecule has 0 aromatic carbocycles. The zero-order valence-electron chi connectivity index (χ0n) is 12.5. The van der Waals surface area contributed by atoms with E-state index in [0.29, 0.717) is 19.4 Å². The molecule has 1 aliphatic heterocycles. The van der Waals surface area contributed by atoms with E-state index < -0.39 is 0 Å². The lowest BCUT2D eigenvalue weighted by atomic mass is 10.3. The van der Waals surface area contributed by atoms with Gasteiger partial charge in [0.25, 0.3) is 0 Å². The monoisotopic (exact) mass is 300 g/mol. The van der Waals surface area contributed by atoms with Crippen LogP contribution < -0.4 is 4.72 Å². The summed E-state index contributed by atoms with van der Waals surface area (Å²) in [7, 11) is 1.75. The van der Waals surface area contributed by atoms with Crippen LogP contribution >= 0.6 is 11.9 Å². The Hall–Kier alpha value is -1.08. The van der Waals surface area contributed by atoms with Gasteiger partial charge in [-0.3, -0.25) is 14.6 Å². The number of nitrogens with zero attached hydrogens (tertiary/aromatic N) is 3. The Morgan fingerprint density at radius 1 is 1.45 bits per heavy atom. The van der Waals surface area contributed by atoms with E-state index in [9.17, 15) is 9.59 Å². The van der Waals surface area contributed by atoms with Gasteiger partial charge in [-0.25, -0.2) is 10.0 Å². The summed E-state index contributed by atoms with van der Waals surface area (Å²) in [5, 5.41) is 2.89. The molecule has 1 heterocycles.